The highest BCUT2D eigenvalue weighted by molar-refractivity contribution is 5.05. The average Bonchev–Trinajstić information content (AvgIpc) is 2.34. The summed E-state index contributed by atoms with van der Waals surface area (Å²) >= 11 is 0. The summed E-state index contributed by atoms with van der Waals surface area (Å²) in [5.41, 5.74) is -0.426. The summed E-state index contributed by atoms with van der Waals surface area (Å²) in [5.74, 6) is 0. The van der Waals surface area contributed by atoms with Gasteiger partial charge in [0.15, 0.2) is 0 Å². The molecule has 0 radical (unpaired) electrons. The first kappa shape index (κ1) is 17.4. The van der Waals surface area contributed by atoms with E-state index in [0.29, 0.717) is 0 Å². The van der Waals surface area contributed by atoms with Crippen LogP contribution in [0.1, 0.15) is 33.6 Å². The van der Waals surface area contributed by atoms with Gasteiger partial charge in [0.25, 0.3) is 0 Å². The first-order chi connectivity index (χ1) is 8.47. The Morgan fingerprint density at radius 3 is 2.33 bits per heavy atom. The summed E-state index contributed by atoms with van der Waals surface area (Å²) in [6.45, 7) is 11.1. The van der Waals surface area contributed by atoms with E-state index in [1.54, 1.807) is 0 Å². The SMILES string of the molecule is CCCNC(C)(C#N)CN(CC)CCCN(C)C. The van der Waals surface area contributed by atoms with Gasteiger partial charge in [0.1, 0.15) is 5.54 Å². The molecule has 0 aromatic rings. The van der Waals surface area contributed by atoms with Crippen molar-refractivity contribution in [1.29, 1.82) is 5.26 Å². The molecule has 106 valence electrons. The van der Waals surface area contributed by atoms with E-state index in [0.717, 1.165) is 45.6 Å². The molecule has 0 saturated heterocycles. The molecular formula is C14H30N4. The van der Waals surface area contributed by atoms with Crippen molar-refractivity contribution in [1.82, 2.24) is 15.1 Å². The Morgan fingerprint density at radius 2 is 1.89 bits per heavy atom. The summed E-state index contributed by atoms with van der Waals surface area (Å²) in [7, 11) is 4.19. The molecule has 1 unspecified atom stereocenters. The third-order valence-electron chi connectivity index (χ3n) is 3.08. The van der Waals surface area contributed by atoms with Gasteiger partial charge in [0, 0.05) is 6.54 Å². The van der Waals surface area contributed by atoms with Crippen molar-refractivity contribution in [2.24, 2.45) is 0 Å². The van der Waals surface area contributed by atoms with Crippen LogP contribution in [0.2, 0.25) is 0 Å². The highest BCUT2D eigenvalue weighted by Gasteiger charge is 2.25. The minimum absolute atomic E-state index is 0.426. The number of rotatable bonds is 10. The van der Waals surface area contributed by atoms with Crippen LogP contribution in [-0.2, 0) is 0 Å². The zero-order valence-corrected chi connectivity index (χ0v) is 12.8. The minimum Gasteiger partial charge on any atom is -0.309 e. The van der Waals surface area contributed by atoms with Gasteiger partial charge in [0.05, 0.1) is 6.07 Å². The van der Waals surface area contributed by atoms with Crippen molar-refractivity contribution < 1.29 is 0 Å². The average molecular weight is 254 g/mol. The first-order valence-electron chi connectivity index (χ1n) is 7.00. The lowest BCUT2D eigenvalue weighted by Crippen LogP contribution is -2.51. The van der Waals surface area contributed by atoms with E-state index >= 15 is 0 Å². The summed E-state index contributed by atoms with van der Waals surface area (Å²) in [5, 5.41) is 12.7. The van der Waals surface area contributed by atoms with Crippen LogP contribution in [-0.4, -0.2) is 62.2 Å². The lowest BCUT2D eigenvalue weighted by Gasteiger charge is -2.31. The Kier molecular flexibility index (Phi) is 8.99. The number of nitrogens with zero attached hydrogens (tertiary/aromatic N) is 3. The molecule has 0 bridgehead atoms. The van der Waals surface area contributed by atoms with Crippen molar-refractivity contribution in [3.8, 4) is 6.07 Å². The lowest BCUT2D eigenvalue weighted by atomic mass is 10.0. The second-order valence-electron chi connectivity index (χ2n) is 5.40. The summed E-state index contributed by atoms with van der Waals surface area (Å²) in [6, 6.07) is 2.41. The normalized spacial score (nSPS) is 14.8. The van der Waals surface area contributed by atoms with Crippen LogP contribution in [0.5, 0.6) is 0 Å². The molecule has 4 heteroatoms. The van der Waals surface area contributed by atoms with Gasteiger partial charge in [-0.3, -0.25) is 5.32 Å². The van der Waals surface area contributed by atoms with Gasteiger partial charge >= 0.3 is 0 Å². The van der Waals surface area contributed by atoms with Crippen molar-refractivity contribution in [2.45, 2.75) is 39.2 Å². The molecule has 0 aliphatic carbocycles. The minimum atomic E-state index is -0.426. The van der Waals surface area contributed by atoms with Crippen LogP contribution in [0, 0.1) is 11.3 Å². The molecule has 0 amide bonds. The highest BCUT2D eigenvalue weighted by atomic mass is 15.2. The van der Waals surface area contributed by atoms with E-state index in [1.165, 1.54) is 0 Å². The number of nitriles is 1. The quantitative estimate of drug-likeness (QED) is 0.642. The maximum Gasteiger partial charge on any atom is 0.116 e. The van der Waals surface area contributed by atoms with Crippen molar-refractivity contribution in [3.63, 3.8) is 0 Å². The van der Waals surface area contributed by atoms with E-state index in [2.05, 4.69) is 49.1 Å². The molecule has 0 fully saturated rings. The van der Waals surface area contributed by atoms with Crippen LogP contribution in [0.15, 0.2) is 0 Å². The van der Waals surface area contributed by atoms with Gasteiger partial charge in [-0.1, -0.05) is 13.8 Å². The maximum absolute atomic E-state index is 9.32. The number of nitrogens with one attached hydrogen (secondary N) is 1. The van der Waals surface area contributed by atoms with Crippen LogP contribution < -0.4 is 5.32 Å². The van der Waals surface area contributed by atoms with Gasteiger partial charge < -0.3 is 9.80 Å². The fourth-order valence-electron chi connectivity index (χ4n) is 1.94. The largest absolute Gasteiger partial charge is 0.309 e. The second-order valence-corrected chi connectivity index (χ2v) is 5.40. The fourth-order valence-corrected chi connectivity index (χ4v) is 1.94. The predicted octanol–water partition coefficient (Wildman–Crippen LogP) is 1.54. The van der Waals surface area contributed by atoms with Crippen LogP contribution in [0.25, 0.3) is 0 Å². The topological polar surface area (TPSA) is 42.3 Å². The second kappa shape index (κ2) is 9.32. The lowest BCUT2D eigenvalue weighted by molar-refractivity contribution is 0.218. The van der Waals surface area contributed by atoms with E-state index in [9.17, 15) is 5.26 Å². The molecule has 0 aromatic heterocycles. The molecule has 18 heavy (non-hydrogen) atoms. The molecule has 0 aliphatic heterocycles. The molecule has 0 saturated carbocycles. The Labute approximate surface area is 113 Å². The number of likely N-dealkylation sites (N-methyl/N-ethyl adjacent to an activating group) is 1. The van der Waals surface area contributed by atoms with Gasteiger partial charge in [-0.05, 0) is 60.0 Å². The Hall–Kier alpha value is -0.630. The van der Waals surface area contributed by atoms with Gasteiger partial charge in [-0.15, -0.1) is 0 Å². The molecule has 0 aliphatic rings. The maximum atomic E-state index is 9.32. The molecule has 1 N–H and O–H groups in total. The van der Waals surface area contributed by atoms with Crippen LogP contribution >= 0.6 is 0 Å². The molecule has 0 aromatic carbocycles. The third-order valence-corrected chi connectivity index (χ3v) is 3.08. The zero-order valence-electron chi connectivity index (χ0n) is 12.8. The van der Waals surface area contributed by atoms with Crippen molar-refractivity contribution in [3.05, 3.63) is 0 Å². The van der Waals surface area contributed by atoms with Crippen molar-refractivity contribution in [2.75, 3.05) is 46.8 Å². The Morgan fingerprint density at radius 1 is 1.22 bits per heavy atom. The third kappa shape index (κ3) is 7.65. The van der Waals surface area contributed by atoms with Crippen molar-refractivity contribution >= 4 is 0 Å². The predicted molar refractivity (Wildman–Crippen MR) is 77.6 cm³/mol. The van der Waals surface area contributed by atoms with Crippen LogP contribution in [0.4, 0.5) is 0 Å². The zero-order chi connectivity index (χ0) is 14.0. The molecule has 1 atom stereocenters. The number of hydrogen-bond acceptors (Lipinski definition) is 4. The van der Waals surface area contributed by atoms with Crippen LogP contribution in [0.3, 0.4) is 0 Å². The molecule has 4 nitrogen and oxygen atoms in total. The Bertz CT molecular complexity index is 247. The molecule has 0 spiro atoms. The molecular weight excluding hydrogens is 224 g/mol. The first-order valence-corrected chi connectivity index (χ1v) is 7.00. The van der Waals surface area contributed by atoms with Gasteiger partial charge in [-0.2, -0.15) is 5.26 Å². The Balaban J connectivity index is 4.18. The fraction of sp³-hybridized carbons (Fsp3) is 0.929. The smallest absolute Gasteiger partial charge is 0.116 e. The highest BCUT2D eigenvalue weighted by Crippen LogP contribution is 2.06. The van der Waals surface area contributed by atoms with E-state index in [1.807, 2.05) is 6.92 Å². The molecule has 0 heterocycles. The summed E-state index contributed by atoms with van der Waals surface area (Å²) in [6.07, 6.45) is 2.21. The van der Waals surface area contributed by atoms with E-state index in [-0.39, 0.29) is 0 Å². The summed E-state index contributed by atoms with van der Waals surface area (Å²) in [4.78, 5) is 4.56. The van der Waals surface area contributed by atoms with E-state index < -0.39 is 5.54 Å². The molecule has 0 rings (SSSR count). The van der Waals surface area contributed by atoms with E-state index in [4.69, 9.17) is 0 Å². The van der Waals surface area contributed by atoms with Gasteiger partial charge in [0.2, 0.25) is 0 Å². The van der Waals surface area contributed by atoms with Gasteiger partial charge in [-0.25, -0.2) is 0 Å². The standard InChI is InChI=1S/C14H30N4/c1-6-9-16-14(3,12-15)13-18(7-2)11-8-10-17(4)5/h16H,6-11,13H2,1-5H3. The number of hydrogen-bond donors (Lipinski definition) is 1. The monoisotopic (exact) mass is 254 g/mol. The summed E-state index contributed by atoms with van der Waals surface area (Å²) < 4.78 is 0.